The van der Waals surface area contributed by atoms with Crippen molar-refractivity contribution in [3.8, 4) is 11.3 Å². The van der Waals surface area contributed by atoms with Crippen molar-refractivity contribution >= 4 is 34.0 Å². The molecule has 0 fully saturated rings. The summed E-state index contributed by atoms with van der Waals surface area (Å²) in [6, 6.07) is 10.2. The molecule has 0 radical (unpaired) electrons. The molecule has 8 nitrogen and oxygen atoms in total. The number of rotatable bonds is 8. The summed E-state index contributed by atoms with van der Waals surface area (Å²) < 4.78 is 33.9. The van der Waals surface area contributed by atoms with Crippen LogP contribution in [0, 0.1) is 6.92 Å². The molecule has 1 amide bonds. The van der Waals surface area contributed by atoms with Gasteiger partial charge in [0.2, 0.25) is 0 Å². The Morgan fingerprint density at radius 1 is 1.17 bits per heavy atom. The average Bonchev–Trinajstić information content (AvgIpc) is 3.45. The first kappa shape index (κ1) is 24.4. The minimum atomic E-state index is -2.83. The minimum Gasteiger partial charge on any atom is -0.462 e. The van der Waals surface area contributed by atoms with Gasteiger partial charge in [-0.15, -0.1) is 0 Å². The third-order valence-electron chi connectivity index (χ3n) is 5.19. The van der Waals surface area contributed by atoms with Gasteiger partial charge in [0.15, 0.2) is 10.8 Å². The molecule has 4 rings (SSSR count). The van der Waals surface area contributed by atoms with E-state index in [9.17, 15) is 18.4 Å². The molecule has 4 aromatic rings. The monoisotopic (exact) mass is 499 g/mol. The first-order valence-corrected chi connectivity index (χ1v) is 11.9. The molecule has 0 aliphatic carbocycles. The summed E-state index contributed by atoms with van der Waals surface area (Å²) in [5, 5.41) is 4.35. The molecule has 0 aliphatic heterocycles. The number of carbonyl (C=O) groups is 2. The fourth-order valence-electron chi connectivity index (χ4n) is 3.59. The third-order valence-corrected chi connectivity index (χ3v) is 6.35. The number of ether oxygens (including phenoxy) is 1. The average molecular weight is 500 g/mol. The summed E-state index contributed by atoms with van der Waals surface area (Å²) in [5.41, 5.74) is 1.10. The van der Waals surface area contributed by atoms with Crippen LogP contribution < -0.4 is 4.90 Å². The number of halogens is 2. The number of aryl methyl sites for hydroxylation is 1. The molecule has 0 saturated heterocycles. The second-order valence-electron chi connectivity index (χ2n) is 7.61. The molecule has 1 aromatic carbocycles. The Bertz CT molecular complexity index is 1370. The predicted molar refractivity (Wildman–Crippen MR) is 128 cm³/mol. The minimum absolute atomic E-state index is 0.0200. The van der Waals surface area contributed by atoms with E-state index in [1.54, 1.807) is 38.1 Å². The normalized spacial score (nSPS) is 11.3. The summed E-state index contributed by atoms with van der Waals surface area (Å²) in [5.74, 6) is -1.01. The smallest absolute Gasteiger partial charge is 0.350 e. The number of anilines is 1. The number of nitrogens with zero attached hydrogens (tertiary/aromatic N) is 5. The van der Waals surface area contributed by atoms with E-state index in [1.807, 2.05) is 13.0 Å². The van der Waals surface area contributed by atoms with Crippen LogP contribution in [0.15, 0.2) is 42.6 Å². The molecule has 3 heterocycles. The Kier molecular flexibility index (Phi) is 7.15. The van der Waals surface area contributed by atoms with Crippen LogP contribution >= 0.6 is 11.3 Å². The number of benzene rings is 1. The van der Waals surface area contributed by atoms with Crippen molar-refractivity contribution in [1.82, 2.24) is 19.6 Å². The third kappa shape index (κ3) is 4.76. The molecule has 3 aromatic heterocycles. The maximum atomic E-state index is 13.9. The summed E-state index contributed by atoms with van der Waals surface area (Å²) in [6.07, 6.45) is -0.990. The van der Waals surface area contributed by atoms with Gasteiger partial charge < -0.3 is 4.74 Å². The van der Waals surface area contributed by atoms with Crippen LogP contribution in [0.2, 0.25) is 0 Å². The van der Waals surface area contributed by atoms with E-state index in [1.165, 1.54) is 17.2 Å². The Labute approximate surface area is 204 Å². The maximum Gasteiger partial charge on any atom is 0.350 e. The van der Waals surface area contributed by atoms with E-state index in [0.29, 0.717) is 39.9 Å². The quantitative estimate of drug-likeness (QED) is 0.304. The van der Waals surface area contributed by atoms with Gasteiger partial charge in [0.1, 0.15) is 16.1 Å². The zero-order valence-electron chi connectivity index (χ0n) is 19.4. The van der Waals surface area contributed by atoms with Crippen molar-refractivity contribution in [1.29, 1.82) is 0 Å². The Balaban J connectivity index is 1.81. The highest BCUT2D eigenvalue weighted by molar-refractivity contribution is 7.17. The molecule has 0 bridgehead atoms. The van der Waals surface area contributed by atoms with Crippen molar-refractivity contribution in [2.24, 2.45) is 0 Å². The zero-order chi connectivity index (χ0) is 25.1. The molecule has 35 heavy (non-hydrogen) atoms. The lowest BCUT2D eigenvalue weighted by molar-refractivity contribution is 0.0531. The van der Waals surface area contributed by atoms with Gasteiger partial charge in [0.05, 0.1) is 24.2 Å². The summed E-state index contributed by atoms with van der Waals surface area (Å²) in [7, 11) is 0. The molecule has 0 unspecified atom stereocenters. The molecule has 0 saturated carbocycles. The van der Waals surface area contributed by atoms with E-state index in [0.717, 1.165) is 15.9 Å². The summed E-state index contributed by atoms with van der Waals surface area (Å²) >= 11 is 1.05. The topological polar surface area (TPSA) is 89.7 Å². The molecule has 0 N–H and O–H groups in total. The van der Waals surface area contributed by atoms with Crippen molar-refractivity contribution < 1.29 is 23.1 Å². The lowest BCUT2D eigenvalue weighted by Gasteiger charge is -2.18. The Morgan fingerprint density at radius 2 is 1.91 bits per heavy atom. The molecular weight excluding hydrogens is 476 g/mol. The molecule has 182 valence electrons. The molecular formula is C24H23F2N5O3S. The largest absolute Gasteiger partial charge is 0.462 e. The molecule has 0 spiro atoms. The molecule has 0 aliphatic rings. The number of alkyl halides is 2. The van der Waals surface area contributed by atoms with Crippen LogP contribution in [-0.4, -0.2) is 44.6 Å². The van der Waals surface area contributed by atoms with Gasteiger partial charge in [-0.1, -0.05) is 48.6 Å². The van der Waals surface area contributed by atoms with Crippen LogP contribution in [0.25, 0.3) is 16.9 Å². The molecule has 0 atom stereocenters. The lowest BCUT2D eigenvalue weighted by Crippen LogP contribution is -2.31. The van der Waals surface area contributed by atoms with Gasteiger partial charge in [-0.3, -0.25) is 9.69 Å². The van der Waals surface area contributed by atoms with Crippen LogP contribution in [-0.2, 0) is 4.74 Å². The van der Waals surface area contributed by atoms with Gasteiger partial charge in [-0.2, -0.15) is 5.10 Å². The fraction of sp³-hybridized carbons (Fsp3) is 0.292. The van der Waals surface area contributed by atoms with E-state index in [4.69, 9.17) is 4.74 Å². The first-order chi connectivity index (χ1) is 16.8. The number of hydrogen-bond acceptors (Lipinski definition) is 7. The van der Waals surface area contributed by atoms with Crippen LogP contribution in [0.4, 0.5) is 13.9 Å². The van der Waals surface area contributed by atoms with E-state index in [-0.39, 0.29) is 23.5 Å². The lowest BCUT2D eigenvalue weighted by atomic mass is 10.1. The highest BCUT2D eigenvalue weighted by Crippen LogP contribution is 2.31. The summed E-state index contributed by atoms with van der Waals surface area (Å²) in [4.78, 5) is 36.5. The molecule has 11 heteroatoms. The van der Waals surface area contributed by atoms with Crippen molar-refractivity contribution in [2.45, 2.75) is 33.6 Å². The number of amides is 1. The summed E-state index contributed by atoms with van der Waals surface area (Å²) in [6.45, 7) is 5.78. The number of thiazole rings is 1. The van der Waals surface area contributed by atoms with Crippen molar-refractivity contribution in [2.75, 3.05) is 18.1 Å². The number of aromatic nitrogens is 4. The second kappa shape index (κ2) is 10.3. The van der Waals surface area contributed by atoms with Gasteiger partial charge in [-0.25, -0.2) is 28.1 Å². The zero-order valence-corrected chi connectivity index (χ0v) is 20.2. The number of hydrogen-bond donors (Lipinski definition) is 0. The van der Waals surface area contributed by atoms with Crippen molar-refractivity contribution in [3.63, 3.8) is 0 Å². The first-order valence-electron chi connectivity index (χ1n) is 11.0. The fourth-order valence-corrected chi connectivity index (χ4v) is 4.57. The van der Waals surface area contributed by atoms with Crippen LogP contribution in [0.5, 0.6) is 0 Å². The number of fused-ring (bicyclic) bond motifs is 1. The maximum absolute atomic E-state index is 13.9. The predicted octanol–water partition coefficient (Wildman–Crippen LogP) is 5.33. The number of esters is 1. The standard InChI is InChI=1S/C24H23F2N5O3S/c1-4-11-30(24-28-14(3)19(35-24)23(33)34-5-2)22(32)16-13-27-31-18(20(25)26)12-17(29-21(16)31)15-9-7-6-8-10-15/h6-10,12-13,20H,4-5,11H2,1-3H3. The second-order valence-corrected chi connectivity index (χ2v) is 8.59. The highest BCUT2D eigenvalue weighted by atomic mass is 32.1. The Morgan fingerprint density at radius 3 is 2.57 bits per heavy atom. The van der Waals surface area contributed by atoms with E-state index < -0.39 is 18.3 Å². The number of carbonyl (C=O) groups excluding carboxylic acids is 2. The van der Waals surface area contributed by atoms with E-state index >= 15 is 0 Å². The van der Waals surface area contributed by atoms with Gasteiger partial charge >= 0.3 is 5.97 Å². The van der Waals surface area contributed by atoms with Crippen LogP contribution in [0.3, 0.4) is 0 Å². The van der Waals surface area contributed by atoms with Gasteiger partial charge in [-0.05, 0) is 26.3 Å². The van der Waals surface area contributed by atoms with Crippen molar-refractivity contribution in [3.05, 3.63) is 64.4 Å². The Hall–Kier alpha value is -3.73. The van der Waals surface area contributed by atoms with Gasteiger partial charge in [0.25, 0.3) is 12.3 Å². The van der Waals surface area contributed by atoms with Crippen LogP contribution in [0.1, 0.15) is 58.1 Å². The SMILES string of the molecule is CCCN(C(=O)c1cnn2c(C(F)F)cc(-c3ccccc3)nc12)c1nc(C)c(C(=O)OCC)s1. The highest BCUT2D eigenvalue weighted by Gasteiger charge is 2.28. The van der Waals surface area contributed by atoms with Gasteiger partial charge in [0, 0.05) is 12.1 Å². The van der Waals surface area contributed by atoms with E-state index in [2.05, 4.69) is 15.1 Å².